The van der Waals surface area contributed by atoms with Gasteiger partial charge in [-0.25, -0.2) is 0 Å². The zero-order valence-electron chi connectivity index (χ0n) is 17.0. The number of nitrogens with zero attached hydrogens (tertiary/aromatic N) is 2. The van der Waals surface area contributed by atoms with Crippen molar-refractivity contribution in [1.82, 2.24) is 4.98 Å². The Balaban J connectivity index is 1.70. The number of nitrogens with one attached hydrogen (secondary N) is 1. The fourth-order valence-electron chi connectivity index (χ4n) is 4.13. The van der Waals surface area contributed by atoms with Crippen molar-refractivity contribution in [1.29, 1.82) is 0 Å². The highest BCUT2D eigenvalue weighted by Gasteiger charge is 2.17. The van der Waals surface area contributed by atoms with Crippen molar-refractivity contribution in [3.8, 4) is 22.3 Å². The van der Waals surface area contributed by atoms with Crippen LogP contribution >= 0.6 is 0 Å². The Kier molecular flexibility index (Phi) is 4.68. The predicted molar refractivity (Wildman–Crippen MR) is 126 cm³/mol. The number of nitro benzene ring substituents is 2. The lowest BCUT2D eigenvalue weighted by Crippen LogP contribution is -2.06. The number of hydrogen-bond donors (Lipinski definition) is 1. The van der Waals surface area contributed by atoms with Gasteiger partial charge in [0.15, 0.2) is 0 Å². The lowest BCUT2D eigenvalue weighted by molar-refractivity contribution is -0.384. The summed E-state index contributed by atoms with van der Waals surface area (Å²) >= 11 is 0. The van der Waals surface area contributed by atoms with E-state index in [-0.39, 0.29) is 16.9 Å². The average molecular weight is 437 g/mol. The molecule has 0 saturated carbocycles. The summed E-state index contributed by atoms with van der Waals surface area (Å²) in [5.74, 6) is 0. The van der Waals surface area contributed by atoms with E-state index in [1.807, 2.05) is 6.07 Å². The van der Waals surface area contributed by atoms with Gasteiger partial charge in [0, 0.05) is 28.4 Å². The summed E-state index contributed by atoms with van der Waals surface area (Å²) in [6, 6.07) is 23.3. The number of hydrogen-bond acceptors (Lipinski definition) is 5. The van der Waals surface area contributed by atoms with Crippen molar-refractivity contribution < 1.29 is 9.85 Å². The van der Waals surface area contributed by atoms with Crippen LogP contribution in [0.25, 0.3) is 43.9 Å². The van der Waals surface area contributed by atoms with Crippen LogP contribution in [0.5, 0.6) is 0 Å². The van der Waals surface area contributed by atoms with Gasteiger partial charge in [-0.1, -0.05) is 48.5 Å². The van der Waals surface area contributed by atoms with Crippen molar-refractivity contribution in [2.24, 2.45) is 0 Å². The molecule has 1 N–H and O–H groups in total. The number of nitro groups is 2. The summed E-state index contributed by atoms with van der Waals surface area (Å²) in [4.78, 5) is 37.7. The largest absolute Gasteiger partial charge is 0.321 e. The number of H-pyrrole nitrogens is 1. The van der Waals surface area contributed by atoms with Crippen molar-refractivity contribution in [2.45, 2.75) is 0 Å². The Morgan fingerprint density at radius 3 is 1.70 bits per heavy atom. The lowest BCUT2D eigenvalue weighted by Gasteiger charge is -2.09. The van der Waals surface area contributed by atoms with E-state index < -0.39 is 9.85 Å². The molecule has 0 aliphatic rings. The summed E-state index contributed by atoms with van der Waals surface area (Å²) in [7, 11) is 0. The fraction of sp³-hybridized carbons (Fsp3) is 0. The van der Waals surface area contributed by atoms with E-state index in [2.05, 4.69) is 4.98 Å². The summed E-state index contributed by atoms with van der Waals surface area (Å²) in [6.07, 6.45) is 0. The van der Waals surface area contributed by atoms with Crippen molar-refractivity contribution >= 4 is 33.1 Å². The minimum Gasteiger partial charge on any atom is -0.321 e. The zero-order chi connectivity index (χ0) is 23.1. The number of rotatable bonds is 4. The molecule has 0 fully saturated rings. The van der Waals surface area contributed by atoms with E-state index in [1.165, 1.54) is 12.1 Å². The third kappa shape index (κ3) is 3.39. The number of fused-ring (bicyclic) bond motifs is 3. The molecular weight excluding hydrogens is 422 g/mol. The summed E-state index contributed by atoms with van der Waals surface area (Å²) < 4.78 is 0. The molecule has 0 spiro atoms. The number of para-hydroxylation sites is 2. The van der Waals surface area contributed by atoms with Crippen LogP contribution in [0.1, 0.15) is 0 Å². The third-order valence-electron chi connectivity index (χ3n) is 5.65. The first-order chi connectivity index (χ1) is 15.9. The molecule has 1 heterocycles. The van der Waals surface area contributed by atoms with Crippen LogP contribution in [0, 0.1) is 20.2 Å². The van der Waals surface area contributed by atoms with E-state index in [0.717, 1.165) is 5.39 Å². The van der Waals surface area contributed by atoms with Gasteiger partial charge in [-0.05, 0) is 40.8 Å². The molecule has 0 aliphatic heterocycles. The van der Waals surface area contributed by atoms with Crippen LogP contribution in [0.2, 0.25) is 0 Å². The second-order valence-electron chi connectivity index (χ2n) is 7.52. The van der Waals surface area contributed by atoms with Gasteiger partial charge in [-0.3, -0.25) is 25.0 Å². The molecule has 0 amide bonds. The van der Waals surface area contributed by atoms with Crippen molar-refractivity contribution in [3.05, 3.63) is 116 Å². The Morgan fingerprint density at radius 1 is 0.606 bits per heavy atom. The van der Waals surface area contributed by atoms with E-state index in [1.54, 1.807) is 66.7 Å². The topological polar surface area (TPSA) is 119 Å². The minimum absolute atomic E-state index is 0.0194. The SMILES string of the molecule is O=c1[nH]c2cc(-c3ccccc3[N+](=O)[O-])ccc2c2ccc(-c3ccccc3[N+](=O)[O-])cc12. The van der Waals surface area contributed by atoms with Gasteiger partial charge in [-0.2, -0.15) is 0 Å². The van der Waals surface area contributed by atoms with Gasteiger partial charge >= 0.3 is 0 Å². The monoisotopic (exact) mass is 437 g/mol. The van der Waals surface area contributed by atoms with Crippen LogP contribution in [0.3, 0.4) is 0 Å². The van der Waals surface area contributed by atoms with Crippen LogP contribution in [-0.2, 0) is 0 Å². The molecule has 0 atom stereocenters. The van der Waals surface area contributed by atoms with Crippen molar-refractivity contribution in [3.63, 3.8) is 0 Å². The molecule has 0 saturated heterocycles. The molecule has 160 valence electrons. The molecule has 33 heavy (non-hydrogen) atoms. The van der Waals surface area contributed by atoms with Gasteiger partial charge in [-0.15, -0.1) is 0 Å². The number of pyridine rings is 1. The number of benzene rings is 4. The van der Waals surface area contributed by atoms with E-state index in [9.17, 15) is 25.0 Å². The summed E-state index contributed by atoms with van der Waals surface area (Å²) in [5.41, 5.74) is 2.20. The first-order valence-electron chi connectivity index (χ1n) is 10.0. The van der Waals surface area contributed by atoms with Gasteiger partial charge in [0.2, 0.25) is 0 Å². The van der Waals surface area contributed by atoms with Crippen molar-refractivity contribution in [2.75, 3.05) is 0 Å². The molecule has 0 unspecified atom stereocenters. The maximum Gasteiger partial charge on any atom is 0.277 e. The molecular formula is C25H15N3O5. The van der Waals surface area contributed by atoms with Crippen LogP contribution in [0.15, 0.2) is 89.7 Å². The van der Waals surface area contributed by atoms with E-state index in [0.29, 0.717) is 38.5 Å². The van der Waals surface area contributed by atoms with Gasteiger partial charge < -0.3 is 4.98 Å². The number of aromatic nitrogens is 1. The molecule has 8 heteroatoms. The summed E-state index contributed by atoms with van der Waals surface area (Å²) in [6.45, 7) is 0. The van der Waals surface area contributed by atoms with E-state index in [4.69, 9.17) is 0 Å². The molecule has 5 aromatic rings. The first-order valence-corrected chi connectivity index (χ1v) is 10.0. The second-order valence-corrected chi connectivity index (χ2v) is 7.52. The molecule has 0 bridgehead atoms. The van der Waals surface area contributed by atoms with Gasteiger partial charge in [0.05, 0.1) is 21.0 Å². The Bertz CT molecular complexity index is 1660. The average Bonchev–Trinajstić information content (AvgIpc) is 2.83. The first kappa shape index (κ1) is 20.1. The second kappa shape index (κ2) is 7.69. The van der Waals surface area contributed by atoms with Gasteiger partial charge in [0.1, 0.15) is 0 Å². The Hall–Kier alpha value is -4.85. The van der Waals surface area contributed by atoms with Gasteiger partial charge in [0.25, 0.3) is 16.9 Å². The maximum absolute atomic E-state index is 12.9. The van der Waals surface area contributed by atoms with Crippen LogP contribution in [0.4, 0.5) is 11.4 Å². The molecule has 1 aromatic heterocycles. The molecule has 8 nitrogen and oxygen atoms in total. The quantitative estimate of drug-likeness (QED) is 0.215. The predicted octanol–water partition coefficient (Wildman–Crippen LogP) is 5.83. The van der Waals surface area contributed by atoms with E-state index >= 15 is 0 Å². The van der Waals surface area contributed by atoms with Crippen LogP contribution < -0.4 is 5.56 Å². The molecule has 4 aromatic carbocycles. The Morgan fingerprint density at radius 2 is 1.12 bits per heavy atom. The zero-order valence-corrected chi connectivity index (χ0v) is 17.0. The molecule has 0 radical (unpaired) electrons. The highest BCUT2D eigenvalue weighted by molar-refractivity contribution is 6.07. The Labute approximate surface area is 186 Å². The smallest absolute Gasteiger partial charge is 0.277 e. The highest BCUT2D eigenvalue weighted by Crippen LogP contribution is 2.35. The summed E-state index contributed by atoms with van der Waals surface area (Å²) in [5, 5.41) is 24.7. The maximum atomic E-state index is 12.9. The third-order valence-corrected chi connectivity index (χ3v) is 5.65. The highest BCUT2D eigenvalue weighted by atomic mass is 16.6. The fourth-order valence-corrected chi connectivity index (χ4v) is 4.13. The minimum atomic E-state index is -0.450. The lowest BCUT2D eigenvalue weighted by atomic mass is 9.97. The normalized spacial score (nSPS) is 11.0. The van der Waals surface area contributed by atoms with Crippen LogP contribution in [-0.4, -0.2) is 14.8 Å². The molecule has 5 rings (SSSR count). The molecule has 0 aliphatic carbocycles. The number of aromatic amines is 1. The standard InChI is InChI=1S/C25H15N3O5/c29-25-21-13-15(17-5-1-3-7-23(17)27(30)31)9-11-19(21)20-12-10-16(14-22(20)26-25)18-6-2-4-8-24(18)28(32)33/h1-14H,(H,26,29).